The van der Waals surface area contributed by atoms with Crippen molar-refractivity contribution in [3.8, 4) is 0 Å². The molecule has 0 saturated carbocycles. The smallest absolute Gasteiger partial charge is 0.351 e. The van der Waals surface area contributed by atoms with Crippen LogP contribution in [0.2, 0.25) is 0 Å². The molecule has 0 atom stereocenters. The Labute approximate surface area is 129 Å². The number of aromatic carboxylic acids is 1. The van der Waals surface area contributed by atoms with Gasteiger partial charge in [0.05, 0.1) is 9.70 Å². The fraction of sp³-hybridized carbons (Fsp3) is 0.133. The Morgan fingerprint density at radius 2 is 2.27 bits per heavy atom. The van der Waals surface area contributed by atoms with E-state index in [1.54, 1.807) is 18.5 Å². The number of anilines is 1. The monoisotopic (exact) mass is 316 g/mol. The maximum absolute atomic E-state index is 11.6. The SMILES string of the molecule is CN(Cc1cccnc1)c1cc2oc(=O)c(C(=O)O)cc2s1. The van der Waals surface area contributed by atoms with Gasteiger partial charge in [0.2, 0.25) is 0 Å². The maximum atomic E-state index is 11.6. The van der Waals surface area contributed by atoms with Crippen molar-refractivity contribution in [1.82, 2.24) is 4.98 Å². The third kappa shape index (κ3) is 2.71. The molecule has 7 heteroatoms. The summed E-state index contributed by atoms with van der Waals surface area (Å²) in [6.07, 6.45) is 3.50. The van der Waals surface area contributed by atoms with Gasteiger partial charge in [-0.15, -0.1) is 11.3 Å². The lowest BCUT2D eigenvalue weighted by atomic mass is 10.2. The normalized spacial score (nSPS) is 10.8. The summed E-state index contributed by atoms with van der Waals surface area (Å²) in [6.45, 7) is 0.649. The number of hydrogen-bond acceptors (Lipinski definition) is 6. The number of pyridine rings is 1. The molecule has 0 radical (unpaired) electrons. The average Bonchev–Trinajstić information content (AvgIpc) is 2.90. The van der Waals surface area contributed by atoms with Gasteiger partial charge >= 0.3 is 11.6 Å². The van der Waals surface area contributed by atoms with Gasteiger partial charge in [-0.25, -0.2) is 9.59 Å². The van der Waals surface area contributed by atoms with Crippen molar-refractivity contribution in [1.29, 1.82) is 0 Å². The second-order valence-electron chi connectivity index (χ2n) is 4.78. The number of carboxylic acid groups (broad SMARTS) is 1. The standard InChI is InChI=1S/C15H12N2O4S/c1-17(8-9-3-2-4-16-7-9)13-6-11-12(22-13)5-10(14(18)19)15(20)21-11/h2-7H,8H2,1H3,(H,18,19). The molecule has 3 aromatic rings. The summed E-state index contributed by atoms with van der Waals surface area (Å²) in [5, 5.41) is 9.84. The number of fused-ring (bicyclic) bond motifs is 1. The molecule has 3 aromatic heterocycles. The number of hydrogen-bond donors (Lipinski definition) is 1. The zero-order valence-corrected chi connectivity index (χ0v) is 12.5. The third-order valence-corrected chi connectivity index (χ3v) is 4.34. The van der Waals surface area contributed by atoms with Crippen LogP contribution < -0.4 is 10.5 Å². The first kappa shape index (κ1) is 14.3. The van der Waals surface area contributed by atoms with Crippen molar-refractivity contribution in [2.45, 2.75) is 6.54 Å². The largest absolute Gasteiger partial charge is 0.477 e. The number of carboxylic acids is 1. The lowest BCUT2D eigenvalue weighted by molar-refractivity contribution is 0.0692. The van der Waals surface area contributed by atoms with Crippen LogP contribution in [0.5, 0.6) is 0 Å². The van der Waals surface area contributed by atoms with E-state index >= 15 is 0 Å². The van der Waals surface area contributed by atoms with E-state index in [4.69, 9.17) is 9.52 Å². The van der Waals surface area contributed by atoms with E-state index in [0.717, 1.165) is 10.6 Å². The summed E-state index contributed by atoms with van der Waals surface area (Å²) < 4.78 is 5.70. The minimum Gasteiger partial charge on any atom is -0.477 e. The average molecular weight is 316 g/mol. The van der Waals surface area contributed by atoms with Gasteiger partial charge in [0.25, 0.3) is 0 Å². The second-order valence-corrected chi connectivity index (χ2v) is 5.85. The summed E-state index contributed by atoms with van der Waals surface area (Å²) in [4.78, 5) is 28.6. The zero-order valence-electron chi connectivity index (χ0n) is 11.6. The summed E-state index contributed by atoms with van der Waals surface area (Å²) in [6, 6.07) is 6.94. The minimum atomic E-state index is -1.28. The van der Waals surface area contributed by atoms with Crippen LogP contribution in [0.15, 0.2) is 45.9 Å². The summed E-state index contributed by atoms with van der Waals surface area (Å²) in [5.41, 5.74) is 0.262. The molecule has 0 aliphatic heterocycles. The van der Waals surface area contributed by atoms with Crippen LogP contribution in [0.25, 0.3) is 10.3 Å². The summed E-state index contributed by atoms with van der Waals surface area (Å²) in [5.74, 6) is -1.28. The first-order valence-electron chi connectivity index (χ1n) is 6.45. The van der Waals surface area contributed by atoms with Crippen molar-refractivity contribution in [3.05, 3.63) is 58.2 Å². The molecule has 0 aromatic carbocycles. The van der Waals surface area contributed by atoms with Crippen molar-refractivity contribution in [2.75, 3.05) is 11.9 Å². The molecular weight excluding hydrogens is 304 g/mol. The van der Waals surface area contributed by atoms with Crippen LogP contribution in [0.3, 0.4) is 0 Å². The van der Waals surface area contributed by atoms with Gasteiger partial charge in [-0.3, -0.25) is 4.98 Å². The van der Waals surface area contributed by atoms with Crippen LogP contribution in [0.1, 0.15) is 15.9 Å². The lowest BCUT2D eigenvalue weighted by Gasteiger charge is -2.16. The van der Waals surface area contributed by atoms with Crippen molar-refractivity contribution in [3.63, 3.8) is 0 Å². The first-order chi connectivity index (χ1) is 10.5. The molecule has 112 valence electrons. The van der Waals surface area contributed by atoms with E-state index in [9.17, 15) is 9.59 Å². The van der Waals surface area contributed by atoms with E-state index in [1.807, 2.05) is 24.1 Å². The number of nitrogens with zero attached hydrogens (tertiary/aromatic N) is 2. The van der Waals surface area contributed by atoms with Crippen LogP contribution in [-0.4, -0.2) is 23.1 Å². The highest BCUT2D eigenvalue weighted by molar-refractivity contribution is 7.22. The second kappa shape index (κ2) is 5.61. The lowest BCUT2D eigenvalue weighted by Crippen LogP contribution is -2.14. The molecule has 0 aliphatic rings. The van der Waals surface area contributed by atoms with E-state index in [2.05, 4.69) is 4.98 Å². The Hall–Kier alpha value is -2.67. The van der Waals surface area contributed by atoms with Gasteiger partial charge in [-0.05, 0) is 17.7 Å². The van der Waals surface area contributed by atoms with E-state index < -0.39 is 11.6 Å². The predicted octanol–water partition coefficient (Wildman–Crippen LogP) is 2.58. The van der Waals surface area contributed by atoms with Crippen LogP contribution in [-0.2, 0) is 6.54 Å². The molecule has 1 N–H and O–H groups in total. The summed E-state index contributed by atoms with van der Waals surface area (Å²) in [7, 11) is 1.91. The maximum Gasteiger partial charge on any atom is 0.351 e. The molecule has 3 heterocycles. The fourth-order valence-corrected chi connectivity index (χ4v) is 3.07. The Bertz CT molecular complexity index is 885. The third-order valence-electron chi connectivity index (χ3n) is 3.16. The molecule has 3 rings (SSSR count). The van der Waals surface area contributed by atoms with Gasteiger partial charge in [-0.2, -0.15) is 0 Å². The number of thiophene rings is 1. The van der Waals surface area contributed by atoms with Crippen LogP contribution in [0, 0.1) is 0 Å². The Kier molecular flexibility index (Phi) is 3.64. The molecule has 6 nitrogen and oxygen atoms in total. The van der Waals surface area contributed by atoms with Crippen molar-refractivity contribution in [2.24, 2.45) is 0 Å². The minimum absolute atomic E-state index is 0.351. The molecule has 0 saturated heterocycles. The molecule has 0 spiro atoms. The topological polar surface area (TPSA) is 83.6 Å². The molecule has 0 unspecified atom stereocenters. The molecule has 0 amide bonds. The fourth-order valence-electron chi connectivity index (χ4n) is 2.08. The van der Waals surface area contributed by atoms with Gasteiger partial charge in [-0.1, -0.05) is 6.07 Å². The first-order valence-corrected chi connectivity index (χ1v) is 7.27. The van der Waals surface area contributed by atoms with Crippen molar-refractivity contribution < 1.29 is 14.3 Å². The highest BCUT2D eigenvalue weighted by Gasteiger charge is 2.15. The molecule has 0 fully saturated rings. The predicted molar refractivity (Wildman–Crippen MR) is 83.7 cm³/mol. The zero-order chi connectivity index (χ0) is 15.7. The molecular formula is C15H12N2O4S. The van der Waals surface area contributed by atoms with Crippen LogP contribution >= 0.6 is 11.3 Å². The number of carbonyl (C=O) groups is 1. The van der Waals surface area contributed by atoms with E-state index in [0.29, 0.717) is 16.8 Å². The quantitative estimate of drug-likeness (QED) is 0.796. The van der Waals surface area contributed by atoms with E-state index in [1.165, 1.54) is 17.4 Å². The van der Waals surface area contributed by atoms with Crippen molar-refractivity contribution >= 4 is 32.6 Å². The van der Waals surface area contributed by atoms with Gasteiger partial charge in [0.15, 0.2) is 5.58 Å². The molecule has 0 aliphatic carbocycles. The van der Waals surface area contributed by atoms with Gasteiger partial charge < -0.3 is 14.4 Å². The van der Waals surface area contributed by atoms with Crippen LogP contribution in [0.4, 0.5) is 5.00 Å². The van der Waals surface area contributed by atoms with Gasteiger partial charge in [0.1, 0.15) is 5.56 Å². The highest BCUT2D eigenvalue weighted by atomic mass is 32.1. The Balaban J connectivity index is 1.94. The summed E-state index contributed by atoms with van der Waals surface area (Å²) >= 11 is 1.37. The Morgan fingerprint density at radius 3 is 2.95 bits per heavy atom. The molecule has 0 bridgehead atoms. The Morgan fingerprint density at radius 1 is 1.45 bits per heavy atom. The molecule has 22 heavy (non-hydrogen) atoms. The highest BCUT2D eigenvalue weighted by Crippen LogP contribution is 2.32. The van der Waals surface area contributed by atoms with E-state index in [-0.39, 0.29) is 5.56 Å². The number of aromatic nitrogens is 1. The number of rotatable bonds is 4. The van der Waals surface area contributed by atoms with Gasteiger partial charge in [0, 0.05) is 32.1 Å².